The van der Waals surface area contributed by atoms with Gasteiger partial charge in [-0.2, -0.15) is 10.2 Å². The van der Waals surface area contributed by atoms with E-state index in [-0.39, 0.29) is 31.0 Å². The summed E-state index contributed by atoms with van der Waals surface area (Å²) in [6.07, 6.45) is 0. The molecule has 12 heteroatoms. The molecule has 0 saturated heterocycles. The molecule has 288 valence electrons. The highest BCUT2D eigenvalue weighted by Crippen LogP contribution is 2.38. The number of carbonyl (C=O) groups excluding carboxylic acids is 2. The zero-order valence-electron chi connectivity index (χ0n) is 31.4. The van der Waals surface area contributed by atoms with E-state index < -0.39 is 31.2 Å². The summed E-state index contributed by atoms with van der Waals surface area (Å²) in [6.45, 7) is 2.66. The molecule has 0 saturated carbocycles. The number of Topliss-reactive ketones (excluding diaryl/α,β-unsaturated/α-hetero) is 2. The van der Waals surface area contributed by atoms with Crippen molar-refractivity contribution in [3.8, 4) is 33.9 Å². The summed E-state index contributed by atoms with van der Waals surface area (Å²) in [5, 5.41) is 8.87. The van der Waals surface area contributed by atoms with Gasteiger partial charge in [-0.05, 0) is 48.5 Å². The predicted octanol–water partition coefficient (Wildman–Crippen LogP) is 9.15. The van der Waals surface area contributed by atoms with Gasteiger partial charge in [-0.25, -0.2) is 26.2 Å². The summed E-state index contributed by atoms with van der Waals surface area (Å²) in [5.74, 6) is -0.822. The Morgan fingerprint density at radius 3 is 0.931 bits per heavy atom. The molecule has 2 aromatic heterocycles. The Hall–Kier alpha value is -7.02. The molecule has 0 bridgehead atoms. The SMILES string of the molecule is CC(=O)c1nn(-c2ccccc2)c(-c2ccccc2)c1S(=O)(=O)c1ccccc1.CC(=O)c1nn(-c2ccccc2)c(-c2ccccc2)c1S(=O)(=O)c1ccccc1. The zero-order chi connectivity index (χ0) is 40.9. The molecule has 0 atom stereocenters. The Morgan fingerprint density at radius 1 is 0.397 bits per heavy atom. The smallest absolute Gasteiger partial charge is 0.211 e. The first kappa shape index (κ1) is 39.2. The number of benzene rings is 6. The van der Waals surface area contributed by atoms with Gasteiger partial charge in [0.05, 0.1) is 32.6 Å². The second kappa shape index (κ2) is 16.6. The molecular formula is C46H36N4O6S2. The lowest BCUT2D eigenvalue weighted by Gasteiger charge is -2.11. The molecule has 0 fully saturated rings. The van der Waals surface area contributed by atoms with Crippen molar-refractivity contribution in [3.63, 3.8) is 0 Å². The van der Waals surface area contributed by atoms with Gasteiger partial charge in [0.25, 0.3) is 0 Å². The molecule has 6 aromatic carbocycles. The Kier molecular flexibility index (Phi) is 11.2. The van der Waals surface area contributed by atoms with E-state index in [0.29, 0.717) is 33.9 Å². The van der Waals surface area contributed by atoms with Gasteiger partial charge in [0.1, 0.15) is 21.2 Å². The van der Waals surface area contributed by atoms with Gasteiger partial charge < -0.3 is 0 Å². The van der Waals surface area contributed by atoms with Crippen molar-refractivity contribution >= 4 is 31.2 Å². The van der Waals surface area contributed by atoms with Crippen molar-refractivity contribution < 1.29 is 26.4 Å². The fourth-order valence-electron chi connectivity index (χ4n) is 6.42. The topological polar surface area (TPSA) is 138 Å². The van der Waals surface area contributed by atoms with Crippen molar-refractivity contribution in [2.45, 2.75) is 33.4 Å². The fourth-order valence-corrected chi connectivity index (χ4v) is 9.72. The Morgan fingerprint density at radius 2 is 0.655 bits per heavy atom. The highest BCUT2D eigenvalue weighted by atomic mass is 32.2. The van der Waals surface area contributed by atoms with Gasteiger partial charge >= 0.3 is 0 Å². The summed E-state index contributed by atoms with van der Waals surface area (Å²) in [7, 11) is -7.97. The van der Waals surface area contributed by atoms with Crippen molar-refractivity contribution in [2.24, 2.45) is 0 Å². The lowest BCUT2D eigenvalue weighted by Crippen LogP contribution is -2.08. The number of carbonyl (C=O) groups is 2. The van der Waals surface area contributed by atoms with Gasteiger partial charge in [0.2, 0.25) is 19.7 Å². The van der Waals surface area contributed by atoms with Crippen LogP contribution in [0.4, 0.5) is 0 Å². The van der Waals surface area contributed by atoms with Crippen LogP contribution < -0.4 is 0 Å². The minimum Gasteiger partial charge on any atom is -0.293 e. The molecule has 0 unspecified atom stereocenters. The van der Waals surface area contributed by atoms with Crippen LogP contribution in [-0.4, -0.2) is 48.0 Å². The van der Waals surface area contributed by atoms with Crippen LogP contribution in [0.25, 0.3) is 33.9 Å². The maximum atomic E-state index is 13.6. The van der Waals surface area contributed by atoms with E-state index in [1.165, 1.54) is 47.5 Å². The van der Waals surface area contributed by atoms with Gasteiger partial charge in [-0.3, -0.25) is 9.59 Å². The molecule has 0 radical (unpaired) electrons. The van der Waals surface area contributed by atoms with Crippen LogP contribution in [0.1, 0.15) is 34.8 Å². The second-order valence-electron chi connectivity index (χ2n) is 13.0. The fraction of sp³-hybridized carbons (Fsp3) is 0.0435. The number of hydrogen-bond donors (Lipinski definition) is 0. The van der Waals surface area contributed by atoms with Crippen LogP contribution in [0.5, 0.6) is 0 Å². The third-order valence-electron chi connectivity index (χ3n) is 9.09. The van der Waals surface area contributed by atoms with E-state index in [2.05, 4.69) is 10.2 Å². The summed E-state index contributed by atoms with van der Waals surface area (Å²) < 4.78 is 57.4. The van der Waals surface area contributed by atoms with E-state index in [1.807, 2.05) is 121 Å². The number of sulfone groups is 2. The van der Waals surface area contributed by atoms with Gasteiger partial charge in [0, 0.05) is 25.0 Å². The summed E-state index contributed by atoms with van der Waals surface area (Å²) in [5.41, 5.74) is 3.24. The Balaban J connectivity index is 0.000000177. The monoisotopic (exact) mass is 804 g/mol. The third-order valence-corrected chi connectivity index (χ3v) is 12.7. The van der Waals surface area contributed by atoms with Gasteiger partial charge in [0.15, 0.2) is 11.6 Å². The molecule has 58 heavy (non-hydrogen) atoms. The standard InChI is InChI=1S/2C23H18N2O3S/c2*1-17(26)21-23(29(27,28)20-15-9-4-10-16-20)22(18-11-5-2-6-12-18)25(24-21)19-13-7-3-8-14-19/h2*2-16H,1H3. The number of nitrogens with zero attached hydrogens (tertiary/aromatic N) is 4. The van der Waals surface area contributed by atoms with E-state index in [9.17, 15) is 26.4 Å². The number of hydrogen-bond acceptors (Lipinski definition) is 8. The lowest BCUT2D eigenvalue weighted by atomic mass is 10.1. The maximum absolute atomic E-state index is 13.6. The quantitative estimate of drug-likeness (QED) is 0.125. The molecule has 0 spiro atoms. The maximum Gasteiger partial charge on any atom is 0.211 e. The molecule has 0 amide bonds. The van der Waals surface area contributed by atoms with Crippen LogP contribution in [-0.2, 0) is 19.7 Å². The van der Waals surface area contributed by atoms with Crippen LogP contribution in [0.15, 0.2) is 202 Å². The first-order chi connectivity index (χ1) is 28.0. The second-order valence-corrected chi connectivity index (χ2v) is 16.8. The molecule has 0 aliphatic carbocycles. The molecule has 8 rings (SSSR count). The zero-order valence-corrected chi connectivity index (χ0v) is 33.0. The van der Waals surface area contributed by atoms with E-state index in [4.69, 9.17) is 0 Å². The Labute approximate surface area is 336 Å². The molecule has 8 aromatic rings. The normalized spacial score (nSPS) is 11.3. The third kappa shape index (κ3) is 7.70. The van der Waals surface area contributed by atoms with Gasteiger partial charge in [-0.15, -0.1) is 0 Å². The van der Waals surface area contributed by atoms with Crippen LogP contribution in [0.2, 0.25) is 0 Å². The first-order valence-corrected chi connectivity index (χ1v) is 21.1. The number of aromatic nitrogens is 4. The predicted molar refractivity (Wildman–Crippen MR) is 222 cm³/mol. The summed E-state index contributed by atoms with van der Waals surface area (Å²) in [4.78, 5) is 24.9. The molecule has 0 aliphatic rings. The highest BCUT2D eigenvalue weighted by molar-refractivity contribution is 7.92. The number of ketones is 2. The Bertz CT molecular complexity index is 2730. The molecular weight excluding hydrogens is 769 g/mol. The molecule has 0 N–H and O–H groups in total. The van der Waals surface area contributed by atoms with E-state index in [1.54, 1.807) is 36.4 Å². The average Bonchev–Trinajstić information content (AvgIpc) is 3.88. The molecule has 2 heterocycles. The number of rotatable bonds is 10. The van der Waals surface area contributed by atoms with Crippen LogP contribution in [0, 0.1) is 0 Å². The van der Waals surface area contributed by atoms with E-state index in [0.717, 1.165) is 0 Å². The van der Waals surface area contributed by atoms with E-state index >= 15 is 0 Å². The first-order valence-electron chi connectivity index (χ1n) is 18.1. The molecule has 0 aliphatic heterocycles. The van der Waals surface area contributed by atoms with Gasteiger partial charge in [-0.1, -0.05) is 133 Å². The number of para-hydroxylation sites is 2. The largest absolute Gasteiger partial charge is 0.293 e. The minimum atomic E-state index is -3.98. The summed E-state index contributed by atoms with van der Waals surface area (Å²) in [6, 6.07) is 52.8. The van der Waals surface area contributed by atoms with Crippen LogP contribution in [0.3, 0.4) is 0 Å². The van der Waals surface area contributed by atoms with Crippen molar-refractivity contribution in [1.29, 1.82) is 0 Å². The van der Waals surface area contributed by atoms with Crippen molar-refractivity contribution in [2.75, 3.05) is 0 Å². The van der Waals surface area contributed by atoms with Crippen LogP contribution >= 0.6 is 0 Å². The summed E-state index contributed by atoms with van der Waals surface area (Å²) >= 11 is 0. The lowest BCUT2D eigenvalue weighted by molar-refractivity contribution is 0.0997. The van der Waals surface area contributed by atoms with Crippen molar-refractivity contribution in [3.05, 3.63) is 193 Å². The highest BCUT2D eigenvalue weighted by Gasteiger charge is 2.34. The van der Waals surface area contributed by atoms with Crippen molar-refractivity contribution in [1.82, 2.24) is 19.6 Å². The average molecular weight is 805 g/mol. The molecule has 10 nitrogen and oxygen atoms in total. The minimum absolute atomic E-state index is 0.0726.